The zero-order valence-electron chi connectivity index (χ0n) is 14.5. The maximum Gasteiger partial charge on any atom is 0.290 e. The minimum Gasteiger partial charge on any atom is -0.286 e. The van der Waals surface area contributed by atoms with Crippen molar-refractivity contribution < 1.29 is 4.79 Å². The first kappa shape index (κ1) is 16.7. The van der Waals surface area contributed by atoms with Crippen molar-refractivity contribution in [2.75, 3.05) is 11.6 Å². The van der Waals surface area contributed by atoms with Crippen LogP contribution in [0.25, 0.3) is 10.8 Å². The van der Waals surface area contributed by atoms with E-state index in [4.69, 9.17) is 0 Å². The van der Waals surface area contributed by atoms with Crippen LogP contribution in [0.4, 0.5) is 5.69 Å². The first-order valence-corrected chi connectivity index (χ1v) is 8.12. The lowest BCUT2D eigenvalue weighted by atomic mass is 10.1. The van der Waals surface area contributed by atoms with Gasteiger partial charge in [-0.15, -0.1) is 0 Å². The van der Waals surface area contributed by atoms with Crippen LogP contribution < -0.4 is 16.0 Å². The minimum absolute atomic E-state index is 0.224. The number of nitrogens with one attached hydrogen (secondary N) is 1. The zero-order valence-corrected chi connectivity index (χ0v) is 14.5. The van der Waals surface area contributed by atoms with Crippen molar-refractivity contribution in [3.05, 3.63) is 70.1 Å². The van der Waals surface area contributed by atoms with Crippen molar-refractivity contribution in [3.8, 4) is 0 Å². The summed E-state index contributed by atoms with van der Waals surface area (Å²) in [5, 5.41) is 6.93. The molecule has 25 heavy (non-hydrogen) atoms. The highest BCUT2D eigenvalue weighted by atomic mass is 16.2. The van der Waals surface area contributed by atoms with Crippen LogP contribution >= 0.6 is 0 Å². The van der Waals surface area contributed by atoms with Crippen LogP contribution in [0.1, 0.15) is 23.0 Å². The molecule has 0 aliphatic rings. The number of hydrogen-bond acceptors (Lipinski definition) is 4. The van der Waals surface area contributed by atoms with Crippen LogP contribution in [-0.2, 0) is 7.05 Å². The normalized spacial score (nSPS) is 10.7. The number of carbonyl (C=O) groups excluding carboxylic acids is 1. The molecule has 0 bridgehead atoms. The van der Waals surface area contributed by atoms with Crippen molar-refractivity contribution >= 4 is 22.4 Å². The van der Waals surface area contributed by atoms with Gasteiger partial charge < -0.3 is 0 Å². The summed E-state index contributed by atoms with van der Waals surface area (Å²) in [5.74, 6) is -0.353. The third kappa shape index (κ3) is 3.24. The highest BCUT2D eigenvalue weighted by molar-refractivity contribution is 6.05. The van der Waals surface area contributed by atoms with Crippen molar-refractivity contribution in [1.29, 1.82) is 0 Å². The second-order valence-corrected chi connectivity index (χ2v) is 5.84. The Bertz CT molecular complexity index is 977. The number of hydrogen-bond donors (Lipinski definition) is 1. The largest absolute Gasteiger partial charge is 0.290 e. The molecule has 1 N–H and O–H groups in total. The summed E-state index contributed by atoms with van der Waals surface area (Å²) in [5.41, 5.74) is 4.91. The summed E-state index contributed by atoms with van der Waals surface area (Å²) < 4.78 is 1.19. The molecule has 2 aromatic carbocycles. The molecule has 0 spiro atoms. The van der Waals surface area contributed by atoms with Crippen LogP contribution in [0, 0.1) is 6.92 Å². The Labute approximate surface area is 145 Å². The number of carbonyl (C=O) groups is 1. The van der Waals surface area contributed by atoms with Crippen molar-refractivity contribution in [3.63, 3.8) is 0 Å². The third-order valence-corrected chi connectivity index (χ3v) is 4.07. The average molecular weight is 336 g/mol. The lowest BCUT2D eigenvalue weighted by molar-refractivity contribution is 0.0944. The number of aromatic nitrogens is 2. The van der Waals surface area contributed by atoms with Crippen LogP contribution in [0.5, 0.6) is 0 Å². The summed E-state index contributed by atoms with van der Waals surface area (Å²) in [4.78, 5) is 25.0. The smallest absolute Gasteiger partial charge is 0.286 e. The van der Waals surface area contributed by atoms with E-state index in [1.165, 1.54) is 4.68 Å². The number of amides is 1. The highest BCUT2D eigenvalue weighted by Gasteiger charge is 2.17. The molecule has 0 atom stereocenters. The van der Waals surface area contributed by atoms with E-state index in [0.717, 1.165) is 11.3 Å². The van der Waals surface area contributed by atoms with Crippen LogP contribution in [0.2, 0.25) is 0 Å². The van der Waals surface area contributed by atoms with Gasteiger partial charge in [-0.2, -0.15) is 5.10 Å². The van der Waals surface area contributed by atoms with Gasteiger partial charge >= 0.3 is 0 Å². The standard InChI is InChI=1S/C19H20N4O2/c1-4-23(14-11-9-13(2)10-12-14)21-18(24)17-15-7-5-6-8-16(15)19(25)22(3)20-17/h5-12H,4H2,1-3H3,(H,21,24). The molecule has 3 aromatic rings. The zero-order chi connectivity index (χ0) is 18.0. The van der Waals surface area contributed by atoms with Crippen molar-refractivity contribution in [2.24, 2.45) is 7.05 Å². The van der Waals surface area contributed by atoms with Crippen LogP contribution in [0.15, 0.2) is 53.3 Å². The fourth-order valence-electron chi connectivity index (χ4n) is 2.69. The van der Waals surface area contributed by atoms with Gasteiger partial charge in [0, 0.05) is 19.0 Å². The Morgan fingerprint density at radius 3 is 2.40 bits per heavy atom. The molecule has 128 valence electrons. The predicted octanol–water partition coefficient (Wildman–Crippen LogP) is 2.41. The van der Waals surface area contributed by atoms with Gasteiger partial charge in [-0.05, 0) is 32.0 Å². The van der Waals surface area contributed by atoms with E-state index in [2.05, 4.69) is 10.5 Å². The van der Waals surface area contributed by atoms with Crippen molar-refractivity contribution in [1.82, 2.24) is 15.2 Å². The SMILES string of the molecule is CCN(NC(=O)c1nn(C)c(=O)c2ccccc12)c1ccc(C)cc1. The number of nitrogens with zero attached hydrogens (tertiary/aromatic N) is 3. The molecule has 0 saturated carbocycles. The van der Waals surface area contributed by atoms with Gasteiger partial charge in [0.05, 0.1) is 11.1 Å². The quantitative estimate of drug-likeness (QED) is 0.743. The Kier molecular flexibility index (Phi) is 4.52. The fraction of sp³-hybridized carbons (Fsp3) is 0.211. The summed E-state index contributed by atoms with van der Waals surface area (Å²) >= 11 is 0. The molecule has 6 heteroatoms. The number of rotatable bonds is 4. The lowest BCUT2D eigenvalue weighted by Crippen LogP contribution is -2.43. The molecule has 0 unspecified atom stereocenters. The topological polar surface area (TPSA) is 67.2 Å². The Balaban J connectivity index is 1.98. The Morgan fingerprint density at radius 2 is 1.76 bits per heavy atom. The first-order valence-electron chi connectivity index (χ1n) is 8.12. The molecular formula is C19H20N4O2. The third-order valence-electron chi connectivity index (χ3n) is 4.07. The fourth-order valence-corrected chi connectivity index (χ4v) is 2.69. The van der Waals surface area contributed by atoms with Gasteiger partial charge in [-0.25, -0.2) is 4.68 Å². The molecule has 1 aromatic heterocycles. The average Bonchev–Trinajstić information content (AvgIpc) is 2.63. The van der Waals surface area contributed by atoms with Gasteiger partial charge in [-0.3, -0.25) is 20.0 Å². The number of hydrazine groups is 1. The monoisotopic (exact) mass is 336 g/mol. The molecule has 0 aliphatic carbocycles. The minimum atomic E-state index is -0.353. The van der Waals surface area contributed by atoms with Gasteiger partial charge in [0.2, 0.25) is 0 Å². The van der Waals surface area contributed by atoms with Crippen LogP contribution in [-0.4, -0.2) is 22.2 Å². The van der Waals surface area contributed by atoms with Gasteiger partial charge in [0.1, 0.15) is 0 Å². The molecule has 0 saturated heterocycles. The molecule has 0 fully saturated rings. The van der Waals surface area contributed by atoms with E-state index in [0.29, 0.717) is 17.3 Å². The van der Waals surface area contributed by atoms with E-state index in [-0.39, 0.29) is 17.2 Å². The Morgan fingerprint density at radius 1 is 1.12 bits per heavy atom. The summed E-state index contributed by atoms with van der Waals surface area (Å²) in [6.45, 7) is 4.56. The second kappa shape index (κ2) is 6.76. The molecule has 1 amide bonds. The summed E-state index contributed by atoms with van der Waals surface area (Å²) in [6.07, 6.45) is 0. The molecule has 3 rings (SSSR count). The van der Waals surface area contributed by atoms with E-state index in [1.807, 2.05) is 38.1 Å². The van der Waals surface area contributed by atoms with Crippen LogP contribution in [0.3, 0.4) is 0 Å². The van der Waals surface area contributed by atoms with E-state index < -0.39 is 0 Å². The van der Waals surface area contributed by atoms with E-state index in [9.17, 15) is 9.59 Å². The van der Waals surface area contributed by atoms with Gasteiger partial charge in [-0.1, -0.05) is 35.9 Å². The summed E-state index contributed by atoms with van der Waals surface area (Å²) in [7, 11) is 1.54. The van der Waals surface area contributed by atoms with E-state index in [1.54, 1.807) is 36.3 Å². The number of benzene rings is 2. The lowest BCUT2D eigenvalue weighted by Gasteiger charge is -2.24. The van der Waals surface area contributed by atoms with Crippen molar-refractivity contribution in [2.45, 2.75) is 13.8 Å². The molecule has 0 aliphatic heterocycles. The molecule has 6 nitrogen and oxygen atoms in total. The molecule has 0 radical (unpaired) electrons. The highest BCUT2D eigenvalue weighted by Crippen LogP contribution is 2.16. The maximum atomic E-state index is 12.8. The van der Waals surface area contributed by atoms with Gasteiger partial charge in [0.15, 0.2) is 5.69 Å². The number of aryl methyl sites for hydroxylation is 2. The predicted molar refractivity (Wildman–Crippen MR) is 98.6 cm³/mol. The van der Waals surface area contributed by atoms with E-state index >= 15 is 0 Å². The van der Waals surface area contributed by atoms with Gasteiger partial charge in [0.25, 0.3) is 11.5 Å². The summed E-state index contributed by atoms with van der Waals surface area (Å²) in [6, 6.07) is 14.9. The maximum absolute atomic E-state index is 12.8. The number of anilines is 1. The molecule has 1 heterocycles. The molecular weight excluding hydrogens is 316 g/mol. The first-order chi connectivity index (χ1) is 12.0. The Hall–Kier alpha value is -3.15. The second-order valence-electron chi connectivity index (χ2n) is 5.84. The number of fused-ring (bicyclic) bond motifs is 1.